The summed E-state index contributed by atoms with van der Waals surface area (Å²) in [4.78, 5) is 24.8. The van der Waals surface area contributed by atoms with Crippen LogP contribution in [0, 0.1) is 6.92 Å². The molecule has 5 nitrogen and oxygen atoms in total. The maximum absolute atomic E-state index is 11.5. The van der Waals surface area contributed by atoms with Gasteiger partial charge in [-0.25, -0.2) is 19.7 Å². The Kier molecular flexibility index (Phi) is 3.31. The van der Waals surface area contributed by atoms with Gasteiger partial charge in [0, 0.05) is 11.8 Å². The molecule has 21 heavy (non-hydrogen) atoms. The molecule has 0 saturated carbocycles. The molecule has 0 saturated heterocycles. The highest BCUT2D eigenvalue weighted by Gasteiger charge is 2.11. The van der Waals surface area contributed by atoms with Crippen molar-refractivity contribution in [3.63, 3.8) is 0 Å². The number of carbonyl (C=O) groups is 1. The first kappa shape index (κ1) is 13.2. The second kappa shape index (κ2) is 5.28. The van der Waals surface area contributed by atoms with Crippen LogP contribution < -0.4 is 0 Å². The molecule has 2 aromatic heterocycles. The molecule has 0 fully saturated rings. The zero-order valence-corrected chi connectivity index (χ0v) is 11.7. The van der Waals surface area contributed by atoms with Crippen molar-refractivity contribution in [2.75, 3.05) is 7.11 Å². The van der Waals surface area contributed by atoms with Crippen molar-refractivity contribution in [3.05, 3.63) is 53.9 Å². The molecule has 0 spiro atoms. The first-order chi connectivity index (χ1) is 10.2. The van der Waals surface area contributed by atoms with Gasteiger partial charge in [-0.15, -0.1) is 0 Å². The van der Waals surface area contributed by atoms with E-state index < -0.39 is 5.97 Å². The predicted octanol–water partition coefficient (Wildman–Crippen LogP) is 2.79. The first-order valence-electron chi connectivity index (χ1n) is 6.47. The van der Waals surface area contributed by atoms with Crippen molar-refractivity contribution in [1.82, 2.24) is 15.0 Å². The minimum Gasteiger partial charge on any atom is -0.465 e. The fourth-order valence-electron chi connectivity index (χ4n) is 2.13. The third-order valence-electron chi connectivity index (χ3n) is 3.16. The molecule has 5 heteroatoms. The van der Waals surface area contributed by atoms with Crippen LogP contribution in [0.25, 0.3) is 22.4 Å². The minimum absolute atomic E-state index is 0.367. The van der Waals surface area contributed by atoms with E-state index in [1.165, 1.54) is 13.3 Å². The lowest BCUT2D eigenvalue weighted by atomic mass is 10.1. The molecule has 0 aliphatic rings. The number of ether oxygens (including phenoxy) is 1. The van der Waals surface area contributed by atoms with Gasteiger partial charge < -0.3 is 4.74 Å². The van der Waals surface area contributed by atoms with E-state index in [4.69, 9.17) is 0 Å². The van der Waals surface area contributed by atoms with Crippen LogP contribution in [0.3, 0.4) is 0 Å². The van der Waals surface area contributed by atoms with Crippen molar-refractivity contribution in [2.45, 2.75) is 6.92 Å². The monoisotopic (exact) mass is 279 g/mol. The van der Waals surface area contributed by atoms with Crippen molar-refractivity contribution >= 4 is 17.1 Å². The highest BCUT2D eigenvalue weighted by Crippen LogP contribution is 2.22. The summed E-state index contributed by atoms with van der Waals surface area (Å²) in [5, 5.41) is 0. The van der Waals surface area contributed by atoms with E-state index in [-0.39, 0.29) is 0 Å². The molecule has 0 aliphatic heterocycles. The third-order valence-corrected chi connectivity index (χ3v) is 3.16. The predicted molar refractivity (Wildman–Crippen MR) is 78.8 cm³/mol. The molecule has 0 bridgehead atoms. The third kappa shape index (κ3) is 2.45. The molecule has 3 rings (SSSR count). The fourth-order valence-corrected chi connectivity index (χ4v) is 2.13. The first-order valence-corrected chi connectivity index (χ1v) is 6.47. The summed E-state index contributed by atoms with van der Waals surface area (Å²) in [5.41, 5.74) is 4.02. The second-order valence-corrected chi connectivity index (χ2v) is 4.58. The molecule has 3 aromatic rings. The molecule has 0 N–H and O–H groups in total. The Morgan fingerprint density at radius 3 is 2.62 bits per heavy atom. The maximum atomic E-state index is 11.5. The highest BCUT2D eigenvalue weighted by molar-refractivity contribution is 5.92. The molecule has 2 heterocycles. The number of hydrogen-bond acceptors (Lipinski definition) is 5. The second-order valence-electron chi connectivity index (χ2n) is 4.58. The zero-order valence-electron chi connectivity index (χ0n) is 11.7. The molecule has 104 valence electrons. The zero-order chi connectivity index (χ0) is 14.8. The van der Waals surface area contributed by atoms with Gasteiger partial charge >= 0.3 is 5.97 Å². The van der Waals surface area contributed by atoms with Crippen molar-refractivity contribution in [2.24, 2.45) is 0 Å². The van der Waals surface area contributed by atoms with E-state index >= 15 is 0 Å². The molecule has 0 radical (unpaired) electrons. The number of carbonyl (C=O) groups excluding carboxylic acids is 1. The number of fused-ring (bicyclic) bond motifs is 1. The average molecular weight is 279 g/mol. The fraction of sp³-hybridized carbons (Fsp3) is 0.125. The van der Waals surface area contributed by atoms with Crippen LogP contribution in [0.1, 0.15) is 16.1 Å². The SMILES string of the molecule is COC(=O)c1cnc2nc(-c3ccccc3)c(C)nc2c1. The topological polar surface area (TPSA) is 65.0 Å². The lowest BCUT2D eigenvalue weighted by Gasteiger charge is -2.07. The number of esters is 1. The molecule has 0 unspecified atom stereocenters. The molecular formula is C16H13N3O2. The number of methoxy groups -OCH3 is 1. The summed E-state index contributed by atoms with van der Waals surface area (Å²) in [6.45, 7) is 1.89. The van der Waals surface area contributed by atoms with Gasteiger partial charge in [0.2, 0.25) is 0 Å². The summed E-state index contributed by atoms with van der Waals surface area (Å²) in [5.74, 6) is -0.434. The van der Waals surface area contributed by atoms with Crippen LogP contribution in [0.15, 0.2) is 42.6 Å². The molecule has 0 atom stereocenters. The minimum atomic E-state index is -0.434. The quantitative estimate of drug-likeness (QED) is 0.675. The van der Waals surface area contributed by atoms with Crippen molar-refractivity contribution < 1.29 is 9.53 Å². The van der Waals surface area contributed by atoms with E-state index in [1.54, 1.807) is 6.07 Å². The van der Waals surface area contributed by atoms with Crippen molar-refractivity contribution in [1.29, 1.82) is 0 Å². The van der Waals surface area contributed by atoms with Crippen molar-refractivity contribution in [3.8, 4) is 11.3 Å². The summed E-state index contributed by atoms with van der Waals surface area (Å²) in [6.07, 6.45) is 1.45. The summed E-state index contributed by atoms with van der Waals surface area (Å²) >= 11 is 0. The Bertz CT molecular complexity index is 816. The van der Waals surface area contributed by atoms with Gasteiger partial charge in [0.15, 0.2) is 5.65 Å². The molecule has 0 aliphatic carbocycles. The Morgan fingerprint density at radius 1 is 1.14 bits per heavy atom. The summed E-state index contributed by atoms with van der Waals surface area (Å²) in [6, 6.07) is 11.5. The van der Waals surface area contributed by atoms with Gasteiger partial charge in [-0.2, -0.15) is 0 Å². The lowest BCUT2D eigenvalue weighted by Crippen LogP contribution is -2.03. The molecule has 1 aromatic carbocycles. The van der Waals surface area contributed by atoms with Crippen LogP contribution in [-0.2, 0) is 4.74 Å². The van der Waals surface area contributed by atoms with E-state index in [1.807, 2.05) is 37.3 Å². The van der Waals surface area contributed by atoms with Gasteiger partial charge in [0.25, 0.3) is 0 Å². The smallest absolute Gasteiger partial charge is 0.339 e. The van der Waals surface area contributed by atoms with Gasteiger partial charge in [0.1, 0.15) is 5.52 Å². The average Bonchev–Trinajstić information content (AvgIpc) is 2.53. The van der Waals surface area contributed by atoms with E-state index in [0.717, 1.165) is 17.0 Å². The van der Waals surface area contributed by atoms with Crippen LogP contribution in [0.5, 0.6) is 0 Å². The highest BCUT2D eigenvalue weighted by atomic mass is 16.5. The summed E-state index contributed by atoms with van der Waals surface area (Å²) < 4.78 is 4.68. The van der Waals surface area contributed by atoms with Gasteiger partial charge in [-0.3, -0.25) is 0 Å². The van der Waals surface area contributed by atoms with Gasteiger partial charge in [-0.1, -0.05) is 30.3 Å². The van der Waals surface area contributed by atoms with Crippen LogP contribution in [0.4, 0.5) is 0 Å². The Hall–Kier alpha value is -2.82. The van der Waals surface area contributed by atoms with Gasteiger partial charge in [-0.05, 0) is 13.0 Å². The number of nitrogens with zero attached hydrogens (tertiary/aromatic N) is 3. The lowest BCUT2D eigenvalue weighted by molar-refractivity contribution is 0.0600. The maximum Gasteiger partial charge on any atom is 0.339 e. The largest absolute Gasteiger partial charge is 0.465 e. The van der Waals surface area contributed by atoms with Crippen LogP contribution in [-0.4, -0.2) is 28.0 Å². The van der Waals surface area contributed by atoms with E-state index in [9.17, 15) is 4.79 Å². The van der Waals surface area contributed by atoms with E-state index in [2.05, 4.69) is 19.7 Å². The Morgan fingerprint density at radius 2 is 1.90 bits per heavy atom. The standard InChI is InChI=1S/C16H13N3O2/c1-10-14(11-6-4-3-5-7-11)19-15-13(18-10)8-12(9-17-15)16(20)21-2/h3-9H,1-2H3. The normalized spacial score (nSPS) is 10.6. The Balaban J connectivity index is 2.15. The number of hydrogen-bond donors (Lipinski definition) is 0. The number of aromatic nitrogens is 3. The molecular weight excluding hydrogens is 266 g/mol. The number of aryl methyl sites for hydroxylation is 1. The summed E-state index contributed by atoms with van der Waals surface area (Å²) in [7, 11) is 1.34. The number of rotatable bonds is 2. The number of pyridine rings is 1. The van der Waals surface area contributed by atoms with Gasteiger partial charge in [0.05, 0.1) is 24.1 Å². The van der Waals surface area contributed by atoms with Crippen LogP contribution >= 0.6 is 0 Å². The van der Waals surface area contributed by atoms with Crippen LogP contribution in [0.2, 0.25) is 0 Å². The van der Waals surface area contributed by atoms with E-state index in [0.29, 0.717) is 16.7 Å². The Labute approximate surface area is 121 Å². The molecule has 0 amide bonds. The number of benzene rings is 1.